The molecule has 3 nitrogen and oxygen atoms in total. The van der Waals surface area contributed by atoms with Crippen molar-refractivity contribution in [3.8, 4) is 5.69 Å². The Kier molecular flexibility index (Phi) is 7.35. The lowest BCUT2D eigenvalue weighted by Crippen LogP contribution is -2.10. The van der Waals surface area contributed by atoms with Crippen molar-refractivity contribution >= 4 is 46.1 Å². The van der Waals surface area contributed by atoms with Crippen LogP contribution in [0.3, 0.4) is 0 Å². The average molecular weight is 562 g/mol. The maximum atomic E-state index is 4.92. The Labute approximate surface area is 255 Å². The quantitative estimate of drug-likeness (QED) is 0.196. The van der Waals surface area contributed by atoms with Crippen molar-refractivity contribution in [2.24, 2.45) is 0 Å². The van der Waals surface area contributed by atoms with Crippen LogP contribution in [0.25, 0.3) is 51.8 Å². The third-order valence-corrected chi connectivity index (χ3v) is 8.03. The molecule has 6 aromatic rings. The van der Waals surface area contributed by atoms with Gasteiger partial charge < -0.3 is 0 Å². The SMILES string of the molecule is CC(C)(C)c1ccc(/C=C/c2ccc(-n3nc4cc(/C=C/c5ccc(C(C)(C)C)cc5)c5ccccc5c4n3)cc2)cc1. The van der Waals surface area contributed by atoms with E-state index in [2.05, 4.69) is 169 Å². The van der Waals surface area contributed by atoms with E-state index in [0.29, 0.717) is 0 Å². The molecule has 6 rings (SSSR count). The molecule has 0 saturated carbocycles. The molecule has 43 heavy (non-hydrogen) atoms. The fourth-order valence-electron chi connectivity index (χ4n) is 5.31. The maximum absolute atomic E-state index is 4.92. The smallest absolute Gasteiger partial charge is 0.121 e. The van der Waals surface area contributed by atoms with Crippen LogP contribution in [0.5, 0.6) is 0 Å². The number of hydrogen-bond acceptors (Lipinski definition) is 2. The van der Waals surface area contributed by atoms with Crippen LogP contribution in [0.1, 0.15) is 74.9 Å². The van der Waals surface area contributed by atoms with Gasteiger partial charge in [0.15, 0.2) is 0 Å². The number of hydrogen-bond donors (Lipinski definition) is 0. The van der Waals surface area contributed by atoms with Crippen LogP contribution in [0, 0.1) is 0 Å². The Balaban J connectivity index is 1.26. The summed E-state index contributed by atoms with van der Waals surface area (Å²) in [6, 6.07) is 36.6. The van der Waals surface area contributed by atoms with E-state index >= 15 is 0 Å². The maximum Gasteiger partial charge on any atom is 0.121 e. The Morgan fingerprint density at radius 2 is 0.977 bits per heavy atom. The molecule has 0 fully saturated rings. The first-order valence-corrected chi connectivity index (χ1v) is 15.0. The van der Waals surface area contributed by atoms with Gasteiger partial charge in [0.05, 0.1) is 5.69 Å². The lowest BCUT2D eigenvalue weighted by Gasteiger charge is -2.18. The van der Waals surface area contributed by atoms with Crippen LogP contribution in [-0.4, -0.2) is 15.0 Å². The summed E-state index contributed by atoms with van der Waals surface area (Å²) in [4.78, 5) is 1.74. The molecule has 0 N–H and O–H groups in total. The molecule has 0 aliphatic rings. The number of benzene rings is 5. The molecule has 0 aliphatic heterocycles. The molecule has 0 atom stereocenters. The fraction of sp³-hybridized carbons (Fsp3) is 0.200. The molecular weight excluding hydrogens is 522 g/mol. The molecule has 214 valence electrons. The summed E-state index contributed by atoms with van der Waals surface area (Å²) in [6.07, 6.45) is 8.66. The van der Waals surface area contributed by atoms with E-state index in [-0.39, 0.29) is 10.8 Å². The van der Waals surface area contributed by atoms with E-state index in [4.69, 9.17) is 10.2 Å². The monoisotopic (exact) mass is 561 g/mol. The van der Waals surface area contributed by atoms with Gasteiger partial charge in [-0.25, -0.2) is 0 Å². The molecule has 5 aromatic carbocycles. The fourth-order valence-corrected chi connectivity index (χ4v) is 5.31. The topological polar surface area (TPSA) is 30.7 Å². The van der Waals surface area contributed by atoms with Crippen molar-refractivity contribution in [3.05, 3.63) is 137 Å². The molecule has 3 heteroatoms. The molecule has 0 spiro atoms. The van der Waals surface area contributed by atoms with Gasteiger partial charge in [-0.1, -0.05) is 151 Å². The molecule has 0 bridgehead atoms. The van der Waals surface area contributed by atoms with Crippen molar-refractivity contribution in [1.29, 1.82) is 0 Å². The predicted octanol–water partition coefficient (Wildman–Crippen LogP) is 10.5. The van der Waals surface area contributed by atoms with Gasteiger partial charge in [-0.3, -0.25) is 0 Å². The first-order chi connectivity index (χ1) is 20.5. The number of nitrogens with zero attached hydrogens (tertiary/aromatic N) is 3. The molecule has 0 amide bonds. The lowest BCUT2D eigenvalue weighted by molar-refractivity contribution is 0.590. The van der Waals surface area contributed by atoms with Gasteiger partial charge in [0, 0.05) is 5.39 Å². The van der Waals surface area contributed by atoms with Gasteiger partial charge in [0.2, 0.25) is 0 Å². The third-order valence-electron chi connectivity index (χ3n) is 8.03. The van der Waals surface area contributed by atoms with Gasteiger partial charge >= 0.3 is 0 Å². The zero-order valence-electron chi connectivity index (χ0n) is 26.0. The number of aromatic nitrogens is 3. The summed E-state index contributed by atoms with van der Waals surface area (Å²) in [6.45, 7) is 13.4. The van der Waals surface area contributed by atoms with Crippen molar-refractivity contribution in [2.75, 3.05) is 0 Å². The largest absolute Gasteiger partial charge is 0.150 e. The number of fused-ring (bicyclic) bond motifs is 3. The lowest BCUT2D eigenvalue weighted by atomic mass is 9.86. The van der Waals surface area contributed by atoms with Gasteiger partial charge in [-0.05, 0) is 67.8 Å². The summed E-state index contributed by atoms with van der Waals surface area (Å²) >= 11 is 0. The minimum absolute atomic E-state index is 0.144. The second kappa shape index (κ2) is 11.1. The third kappa shape index (κ3) is 6.22. The highest BCUT2D eigenvalue weighted by molar-refractivity contribution is 6.08. The first kappa shape index (κ1) is 28.4. The molecule has 1 aromatic heterocycles. The predicted molar refractivity (Wildman–Crippen MR) is 185 cm³/mol. The van der Waals surface area contributed by atoms with Gasteiger partial charge in [0.25, 0.3) is 0 Å². The summed E-state index contributed by atoms with van der Waals surface area (Å²) in [5.41, 5.74) is 10.3. The van der Waals surface area contributed by atoms with Crippen LogP contribution in [0.2, 0.25) is 0 Å². The zero-order valence-corrected chi connectivity index (χ0v) is 26.0. The zero-order chi connectivity index (χ0) is 30.2. The highest BCUT2D eigenvalue weighted by atomic mass is 15.5. The summed E-state index contributed by atoms with van der Waals surface area (Å²) < 4.78 is 0. The summed E-state index contributed by atoms with van der Waals surface area (Å²) in [5.74, 6) is 0. The standard InChI is InChI=1S/C40H39N3/c1-39(2,3)32-21-14-28(15-22-32)11-12-29-18-25-34(26-19-29)43-41-37-27-31(35-9-7-8-10-36(35)38(37)42-43)20-13-30-16-23-33(24-17-30)40(4,5)6/h7-27H,1-6H3/b12-11+,20-13+. The molecular formula is C40H39N3. The van der Waals surface area contributed by atoms with Crippen LogP contribution in [0.4, 0.5) is 0 Å². The second-order valence-electron chi connectivity index (χ2n) is 13.4. The van der Waals surface area contributed by atoms with E-state index in [1.165, 1.54) is 27.6 Å². The van der Waals surface area contributed by atoms with Gasteiger partial charge in [-0.2, -0.15) is 4.80 Å². The second-order valence-corrected chi connectivity index (χ2v) is 13.4. The Bertz CT molecular complexity index is 1940. The van der Waals surface area contributed by atoms with E-state index in [9.17, 15) is 0 Å². The Morgan fingerprint density at radius 1 is 0.512 bits per heavy atom. The van der Waals surface area contributed by atoms with Crippen LogP contribution in [-0.2, 0) is 10.8 Å². The van der Waals surface area contributed by atoms with E-state index in [1.807, 2.05) is 0 Å². The number of rotatable bonds is 5. The van der Waals surface area contributed by atoms with Crippen LogP contribution in [0.15, 0.2) is 103 Å². The van der Waals surface area contributed by atoms with E-state index < -0.39 is 0 Å². The Hall–Kier alpha value is -4.76. The highest BCUT2D eigenvalue weighted by Gasteiger charge is 2.14. The van der Waals surface area contributed by atoms with E-state index in [0.717, 1.165) is 33.2 Å². The normalized spacial score (nSPS) is 12.7. The van der Waals surface area contributed by atoms with Crippen molar-refractivity contribution < 1.29 is 0 Å². The van der Waals surface area contributed by atoms with Crippen LogP contribution >= 0.6 is 0 Å². The van der Waals surface area contributed by atoms with Crippen LogP contribution < -0.4 is 0 Å². The van der Waals surface area contributed by atoms with Crippen molar-refractivity contribution in [1.82, 2.24) is 15.0 Å². The molecule has 0 unspecified atom stereocenters. The van der Waals surface area contributed by atoms with Crippen molar-refractivity contribution in [3.63, 3.8) is 0 Å². The molecule has 1 heterocycles. The summed E-state index contributed by atoms with van der Waals surface area (Å²) in [5, 5.41) is 12.1. The van der Waals surface area contributed by atoms with Crippen molar-refractivity contribution in [2.45, 2.75) is 52.4 Å². The molecule has 0 aliphatic carbocycles. The summed E-state index contributed by atoms with van der Waals surface area (Å²) in [7, 11) is 0. The minimum atomic E-state index is 0.144. The van der Waals surface area contributed by atoms with Gasteiger partial charge in [0.1, 0.15) is 11.0 Å². The molecule has 0 radical (unpaired) electrons. The Morgan fingerprint density at radius 3 is 1.49 bits per heavy atom. The average Bonchev–Trinajstić information content (AvgIpc) is 3.43. The van der Waals surface area contributed by atoms with E-state index in [1.54, 1.807) is 4.80 Å². The molecule has 0 saturated heterocycles. The highest BCUT2D eigenvalue weighted by Crippen LogP contribution is 2.29. The minimum Gasteiger partial charge on any atom is -0.150 e. The first-order valence-electron chi connectivity index (χ1n) is 15.0. The van der Waals surface area contributed by atoms with Gasteiger partial charge in [-0.15, -0.1) is 10.2 Å².